The van der Waals surface area contributed by atoms with Crippen molar-refractivity contribution in [2.75, 3.05) is 6.61 Å². The highest BCUT2D eigenvalue weighted by atomic mass is 16.6. The van der Waals surface area contributed by atoms with E-state index in [0.717, 1.165) is 44.9 Å². The van der Waals surface area contributed by atoms with E-state index < -0.39 is 23.5 Å². The summed E-state index contributed by atoms with van der Waals surface area (Å²) in [6.45, 7) is 8.79. The van der Waals surface area contributed by atoms with Gasteiger partial charge in [0.1, 0.15) is 5.60 Å². The van der Waals surface area contributed by atoms with Crippen LogP contribution in [0.15, 0.2) is 23.3 Å². The van der Waals surface area contributed by atoms with Crippen LogP contribution in [0.2, 0.25) is 0 Å². The van der Waals surface area contributed by atoms with E-state index in [-0.39, 0.29) is 23.2 Å². The SMILES string of the molecule is CCOC(=O)C1C[C@@]2(CCC(C)C2(C)C/C=C2\CCCC3=CC(=O)CCC32C)OC1=O. The number of ether oxygens (including phenoxy) is 2. The Hall–Kier alpha value is -1.91. The second-order valence-corrected chi connectivity index (χ2v) is 10.5. The number of esters is 2. The molecular formula is C26H36O5. The fourth-order valence-corrected chi connectivity index (χ4v) is 6.62. The number of allylic oxidation sites excluding steroid dienone is 4. The normalized spacial score (nSPS) is 41.3. The minimum absolute atomic E-state index is 0.0165. The molecule has 0 aromatic carbocycles. The van der Waals surface area contributed by atoms with Crippen LogP contribution in [0, 0.1) is 22.7 Å². The van der Waals surface area contributed by atoms with E-state index in [1.54, 1.807) is 6.92 Å². The maximum Gasteiger partial charge on any atom is 0.321 e. The Balaban J connectivity index is 1.61. The average molecular weight is 429 g/mol. The molecule has 4 aliphatic rings. The molecule has 4 unspecified atom stereocenters. The Morgan fingerprint density at radius 1 is 1.23 bits per heavy atom. The number of carbonyl (C=O) groups excluding carboxylic acids is 3. The van der Waals surface area contributed by atoms with E-state index in [1.807, 2.05) is 6.08 Å². The van der Waals surface area contributed by atoms with Crippen molar-refractivity contribution >= 4 is 17.7 Å². The molecule has 2 saturated carbocycles. The van der Waals surface area contributed by atoms with Crippen molar-refractivity contribution in [1.82, 2.24) is 0 Å². The first-order valence-corrected chi connectivity index (χ1v) is 12.0. The van der Waals surface area contributed by atoms with Crippen LogP contribution in [0.4, 0.5) is 0 Å². The maximum atomic E-state index is 12.6. The van der Waals surface area contributed by atoms with Crippen molar-refractivity contribution in [2.24, 2.45) is 22.7 Å². The van der Waals surface area contributed by atoms with Crippen LogP contribution in [-0.2, 0) is 23.9 Å². The largest absolute Gasteiger partial charge is 0.465 e. The molecule has 0 amide bonds. The van der Waals surface area contributed by atoms with Crippen molar-refractivity contribution in [3.05, 3.63) is 23.3 Å². The average Bonchev–Trinajstić information content (AvgIpc) is 3.19. The van der Waals surface area contributed by atoms with Gasteiger partial charge in [0.2, 0.25) is 0 Å². The van der Waals surface area contributed by atoms with Crippen LogP contribution >= 0.6 is 0 Å². The van der Waals surface area contributed by atoms with Crippen LogP contribution in [-0.4, -0.2) is 29.9 Å². The third-order valence-corrected chi connectivity index (χ3v) is 9.08. The van der Waals surface area contributed by atoms with Gasteiger partial charge < -0.3 is 9.47 Å². The first-order chi connectivity index (χ1) is 14.6. The van der Waals surface area contributed by atoms with Gasteiger partial charge in [-0.25, -0.2) is 0 Å². The molecule has 3 aliphatic carbocycles. The summed E-state index contributed by atoms with van der Waals surface area (Å²) in [6, 6.07) is 0. The van der Waals surface area contributed by atoms with Gasteiger partial charge in [-0.2, -0.15) is 0 Å². The highest BCUT2D eigenvalue weighted by Crippen LogP contribution is 2.60. The zero-order valence-corrected chi connectivity index (χ0v) is 19.4. The molecular weight excluding hydrogens is 392 g/mol. The maximum absolute atomic E-state index is 12.6. The highest BCUT2D eigenvalue weighted by molar-refractivity contribution is 5.96. The summed E-state index contributed by atoms with van der Waals surface area (Å²) in [6.07, 6.45) is 12.0. The monoisotopic (exact) mass is 428 g/mol. The summed E-state index contributed by atoms with van der Waals surface area (Å²) in [5.74, 6) is -1.04. The predicted molar refractivity (Wildman–Crippen MR) is 117 cm³/mol. The van der Waals surface area contributed by atoms with Crippen molar-refractivity contribution in [3.8, 4) is 0 Å². The molecule has 170 valence electrons. The first-order valence-electron chi connectivity index (χ1n) is 12.0. The molecule has 1 spiro atoms. The van der Waals surface area contributed by atoms with Gasteiger partial charge in [-0.15, -0.1) is 0 Å². The number of carbonyl (C=O) groups is 3. The summed E-state index contributed by atoms with van der Waals surface area (Å²) >= 11 is 0. The zero-order valence-electron chi connectivity index (χ0n) is 19.4. The Morgan fingerprint density at radius 3 is 2.74 bits per heavy atom. The summed E-state index contributed by atoms with van der Waals surface area (Å²) in [5.41, 5.74) is 1.88. The summed E-state index contributed by atoms with van der Waals surface area (Å²) in [5, 5.41) is 0. The Labute approximate surface area is 185 Å². The minimum atomic E-state index is -0.802. The molecule has 1 aliphatic heterocycles. The Morgan fingerprint density at radius 2 is 2.00 bits per heavy atom. The minimum Gasteiger partial charge on any atom is -0.465 e. The van der Waals surface area contributed by atoms with Gasteiger partial charge >= 0.3 is 11.9 Å². The molecule has 0 N–H and O–H groups in total. The lowest BCUT2D eigenvalue weighted by Crippen LogP contribution is -2.44. The fraction of sp³-hybridized carbons (Fsp3) is 0.731. The topological polar surface area (TPSA) is 69.7 Å². The molecule has 0 bridgehead atoms. The fourth-order valence-electron chi connectivity index (χ4n) is 6.62. The number of hydrogen-bond donors (Lipinski definition) is 0. The van der Waals surface area contributed by atoms with Gasteiger partial charge in [0.15, 0.2) is 11.7 Å². The Bertz CT molecular complexity index is 854. The van der Waals surface area contributed by atoms with Crippen molar-refractivity contribution in [3.63, 3.8) is 0 Å². The molecule has 0 radical (unpaired) electrons. The van der Waals surface area contributed by atoms with Gasteiger partial charge in [0.05, 0.1) is 6.61 Å². The molecule has 1 heterocycles. The van der Waals surface area contributed by atoms with Gasteiger partial charge in [0.25, 0.3) is 0 Å². The molecule has 0 aromatic heterocycles. The molecule has 0 aromatic rings. The van der Waals surface area contributed by atoms with Gasteiger partial charge in [-0.05, 0) is 63.9 Å². The van der Waals surface area contributed by atoms with E-state index in [9.17, 15) is 14.4 Å². The van der Waals surface area contributed by atoms with E-state index >= 15 is 0 Å². The highest BCUT2D eigenvalue weighted by Gasteiger charge is 2.64. The quantitative estimate of drug-likeness (QED) is 0.355. The Kier molecular flexibility index (Phi) is 5.68. The van der Waals surface area contributed by atoms with Crippen molar-refractivity contribution in [1.29, 1.82) is 0 Å². The van der Waals surface area contributed by atoms with Gasteiger partial charge in [-0.3, -0.25) is 14.4 Å². The van der Waals surface area contributed by atoms with Gasteiger partial charge in [-0.1, -0.05) is 38.0 Å². The molecule has 4 rings (SSSR count). The zero-order chi connectivity index (χ0) is 22.4. The summed E-state index contributed by atoms with van der Waals surface area (Å²) in [4.78, 5) is 37.0. The lowest BCUT2D eigenvalue weighted by Gasteiger charge is -2.44. The summed E-state index contributed by atoms with van der Waals surface area (Å²) < 4.78 is 11.2. The van der Waals surface area contributed by atoms with Crippen LogP contribution < -0.4 is 0 Å². The first kappa shape index (κ1) is 22.3. The number of fused-ring (bicyclic) bond motifs is 1. The number of hydrogen-bond acceptors (Lipinski definition) is 5. The van der Waals surface area contributed by atoms with Crippen LogP contribution in [0.1, 0.15) is 85.5 Å². The second-order valence-electron chi connectivity index (χ2n) is 10.5. The molecule has 5 nitrogen and oxygen atoms in total. The van der Waals surface area contributed by atoms with Crippen LogP contribution in [0.3, 0.4) is 0 Å². The molecule has 31 heavy (non-hydrogen) atoms. The third-order valence-electron chi connectivity index (χ3n) is 9.08. The van der Waals surface area contributed by atoms with E-state index in [4.69, 9.17) is 9.47 Å². The lowest BCUT2D eigenvalue weighted by atomic mass is 9.61. The molecule has 5 heteroatoms. The molecule has 3 fully saturated rings. The number of ketones is 1. The molecule has 1 saturated heterocycles. The van der Waals surface area contributed by atoms with Crippen molar-refractivity contribution in [2.45, 2.75) is 91.1 Å². The lowest BCUT2D eigenvalue weighted by molar-refractivity contribution is -0.163. The van der Waals surface area contributed by atoms with E-state index in [0.29, 0.717) is 18.8 Å². The summed E-state index contributed by atoms with van der Waals surface area (Å²) in [7, 11) is 0. The smallest absolute Gasteiger partial charge is 0.321 e. The predicted octanol–water partition coefficient (Wildman–Crippen LogP) is 5.08. The second kappa shape index (κ2) is 7.90. The van der Waals surface area contributed by atoms with Crippen LogP contribution in [0.25, 0.3) is 0 Å². The van der Waals surface area contributed by atoms with Crippen molar-refractivity contribution < 1.29 is 23.9 Å². The van der Waals surface area contributed by atoms with Gasteiger partial charge in [0, 0.05) is 23.7 Å². The van der Waals surface area contributed by atoms with Crippen LogP contribution in [0.5, 0.6) is 0 Å². The molecule has 5 atom stereocenters. The standard InChI is InChI=1S/C26H36O5/c1-5-30-22(28)21-16-26(31-23(21)29)14-9-17(2)25(26,4)13-10-18-7-6-8-19-15-20(27)11-12-24(18,19)3/h10,15,17,21H,5-9,11-14,16H2,1-4H3/b18-10+/t17?,21?,24?,25?,26-/m1/s1. The van der Waals surface area contributed by atoms with E-state index in [1.165, 1.54) is 11.1 Å². The third kappa shape index (κ3) is 3.48. The number of rotatable bonds is 4. The van der Waals surface area contributed by atoms with E-state index in [2.05, 4.69) is 26.8 Å².